The highest BCUT2D eigenvalue weighted by Gasteiger charge is 2.34. The Morgan fingerprint density at radius 2 is 1.95 bits per heavy atom. The number of rotatable bonds is 3. The van der Waals surface area contributed by atoms with Crippen LogP contribution in [0.1, 0.15) is 40.5 Å². The molecule has 2 rings (SSSR count). The van der Waals surface area contributed by atoms with E-state index in [0.29, 0.717) is 18.6 Å². The lowest BCUT2D eigenvalue weighted by atomic mass is 9.91. The van der Waals surface area contributed by atoms with E-state index in [0.717, 1.165) is 5.56 Å². The van der Waals surface area contributed by atoms with Crippen molar-refractivity contribution in [1.82, 2.24) is 4.83 Å². The van der Waals surface area contributed by atoms with Crippen molar-refractivity contribution in [2.75, 3.05) is 0 Å². The highest BCUT2D eigenvalue weighted by molar-refractivity contribution is 7.89. The Kier molecular flexibility index (Phi) is 3.54. The van der Waals surface area contributed by atoms with Gasteiger partial charge in [0.1, 0.15) is 0 Å². The molecule has 0 bridgehead atoms. The Hall–Kier alpha value is -1.36. The fourth-order valence-electron chi connectivity index (χ4n) is 2.51. The number of nitrogens with zero attached hydrogens (tertiary/aromatic N) is 1. The molecule has 0 radical (unpaired) electrons. The molecule has 5 heteroatoms. The van der Waals surface area contributed by atoms with Crippen molar-refractivity contribution >= 4 is 15.7 Å². The van der Waals surface area contributed by atoms with Gasteiger partial charge in [-0.2, -0.15) is 13.5 Å². The number of hydrogen-bond donors (Lipinski definition) is 1. The average molecular weight is 295 g/mol. The van der Waals surface area contributed by atoms with Crippen molar-refractivity contribution in [3.63, 3.8) is 0 Å². The number of aryl methyl sites for hydroxylation is 1. The van der Waals surface area contributed by atoms with Gasteiger partial charge in [0.25, 0.3) is 10.0 Å². The standard InChI is InChI=1S/C15H22N2O2S/c1-11-5-7-13(8-6-11)20(18,19)17-16-14-10-15(3,4)9-12(14)2/h5-8,12,17H,9-10H2,1-4H3/b16-14+/i12D. The van der Waals surface area contributed by atoms with Gasteiger partial charge in [0.15, 0.2) is 0 Å². The predicted octanol–water partition coefficient (Wildman–Crippen LogP) is 3.09. The third-order valence-corrected chi connectivity index (χ3v) is 4.74. The quantitative estimate of drug-likeness (QED) is 0.871. The molecule has 0 aromatic heterocycles. The molecule has 1 saturated carbocycles. The number of nitrogens with one attached hydrogen (secondary N) is 1. The maximum absolute atomic E-state index is 12.2. The minimum Gasteiger partial charge on any atom is -0.200 e. The van der Waals surface area contributed by atoms with Gasteiger partial charge < -0.3 is 0 Å². The van der Waals surface area contributed by atoms with Crippen molar-refractivity contribution in [1.29, 1.82) is 0 Å². The molecule has 110 valence electrons. The molecule has 20 heavy (non-hydrogen) atoms. The topological polar surface area (TPSA) is 58.5 Å². The Labute approximate surface area is 122 Å². The highest BCUT2D eigenvalue weighted by atomic mass is 32.2. The fraction of sp³-hybridized carbons (Fsp3) is 0.533. The Bertz CT molecular complexity index is 661. The Balaban J connectivity index is 2.22. The van der Waals surface area contributed by atoms with Crippen molar-refractivity contribution in [3.8, 4) is 0 Å². The van der Waals surface area contributed by atoms with Gasteiger partial charge in [-0.1, -0.05) is 38.5 Å². The predicted molar refractivity (Wildman–Crippen MR) is 81.1 cm³/mol. The van der Waals surface area contributed by atoms with Gasteiger partial charge in [0.05, 0.1) is 4.90 Å². The first-order valence-electron chi connectivity index (χ1n) is 7.17. The summed E-state index contributed by atoms with van der Waals surface area (Å²) >= 11 is 0. The third kappa shape index (κ3) is 3.39. The minimum atomic E-state index is -3.67. The van der Waals surface area contributed by atoms with Gasteiger partial charge in [-0.25, -0.2) is 4.83 Å². The van der Waals surface area contributed by atoms with Crippen LogP contribution in [0.15, 0.2) is 34.3 Å². The van der Waals surface area contributed by atoms with Crippen LogP contribution in [-0.4, -0.2) is 14.1 Å². The average Bonchev–Trinajstić information content (AvgIpc) is 2.55. The zero-order valence-corrected chi connectivity index (χ0v) is 13.2. The van der Waals surface area contributed by atoms with E-state index in [4.69, 9.17) is 1.37 Å². The van der Waals surface area contributed by atoms with Crippen LogP contribution in [0.3, 0.4) is 0 Å². The number of hydrazone groups is 1. The van der Waals surface area contributed by atoms with Crippen LogP contribution in [0.4, 0.5) is 0 Å². The summed E-state index contributed by atoms with van der Waals surface area (Å²) < 4.78 is 32.7. The molecule has 1 unspecified atom stereocenters. The van der Waals surface area contributed by atoms with Gasteiger partial charge in [0, 0.05) is 7.08 Å². The van der Waals surface area contributed by atoms with Gasteiger partial charge in [-0.3, -0.25) is 0 Å². The van der Waals surface area contributed by atoms with Crippen molar-refractivity contribution in [2.45, 2.75) is 45.4 Å². The smallest absolute Gasteiger partial charge is 0.200 e. The van der Waals surface area contributed by atoms with E-state index in [1.165, 1.54) is 0 Å². The monoisotopic (exact) mass is 295 g/mol. The third-order valence-electron chi connectivity index (χ3n) is 3.51. The Morgan fingerprint density at radius 3 is 2.45 bits per heavy atom. The second kappa shape index (κ2) is 5.20. The lowest BCUT2D eigenvalue weighted by Gasteiger charge is -2.14. The first-order chi connectivity index (χ1) is 9.52. The summed E-state index contributed by atoms with van der Waals surface area (Å²) in [5.74, 6) is -0.820. The molecule has 1 aliphatic rings. The van der Waals surface area contributed by atoms with Gasteiger partial charge in [0.2, 0.25) is 0 Å². The van der Waals surface area contributed by atoms with E-state index in [1.807, 2.05) is 6.92 Å². The molecular formula is C15H22N2O2S. The summed E-state index contributed by atoms with van der Waals surface area (Å²) in [5.41, 5.74) is 1.56. The van der Waals surface area contributed by atoms with E-state index in [1.54, 1.807) is 31.2 Å². The van der Waals surface area contributed by atoms with Crippen molar-refractivity contribution in [3.05, 3.63) is 29.8 Å². The normalized spacial score (nSPS) is 28.4. The second-order valence-electron chi connectivity index (χ2n) is 6.26. The minimum absolute atomic E-state index is 0.0232. The van der Waals surface area contributed by atoms with Crippen LogP contribution < -0.4 is 4.83 Å². The van der Waals surface area contributed by atoms with Crippen LogP contribution in [0.2, 0.25) is 0 Å². The highest BCUT2D eigenvalue weighted by Crippen LogP contribution is 2.38. The lowest BCUT2D eigenvalue weighted by molar-refractivity contribution is 0.368. The molecule has 1 atom stereocenters. The zero-order valence-electron chi connectivity index (χ0n) is 13.4. The Morgan fingerprint density at radius 1 is 1.35 bits per heavy atom. The van der Waals surface area contributed by atoms with E-state index in [-0.39, 0.29) is 10.3 Å². The maximum atomic E-state index is 12.2. The second-order valence-corrected chi connectivity index (χ2v) is 7.93. The number of benzene rings is 1. The zero-order chi connectivity index (χ0) is 15.9. The van der Waals surface area contributed by atoms with Crippen LogP contribution in [0.25, 0.3) is 0 Å². The van der Waals surface area contributed by atoms with Gasteiger partial charge in [-0.15, -0.1) is 0 Å². The lowest BCUT2D eigenvalue weighted by Crippen LogP contribution is -2.21. The molecule has 4 nitrogen and oxygen atoms in total. The van der Waals surface area contributed by atoms with Crippen LogP contribution >= 0.6 is 0 Å². The van der Waals surface area contributed by atoms with Crippen LogP contribution in [-0.2, 0) is 10.0 Å². The first kappa shape index (κ1) is 13.6. The summed E-state index contributed by atoms with van der Waals surface area (Å²) in [6.45, 7) is 7.81. The molecular weight excluding hydrogens is 272 g/mol. The molecule has 1 N–H and O–H groups in total. The van der Waals surface area contributed by atoms with Crippen molar-refractivity contribution in [2.24, 2.45) is 16.4 Å². The molecule has 0 saturated heterocycles. The molecule has 0 heterocycles. The molecule has 0 aliphatic heterocycles. The molecule has 0 spiro atoms. The molecule has 1 fully saturated rings. The summed E-state index contributed by atoms with van der Waals surface area (Å²) in [4.78, 5) is 2.45. The SMILES string of the molecule is [2H]C1(C)CC(C)(C)C/C1=N\NS(=O)(=O)c1ccc(C)cc1. The van der Waals surface area contributed by atoms with Gasteiger partial charge in [-0.05, 0) is 43.2 Å². The van der Waals surface area contributed by atoms with E-state index >= 15 is 0 Å². The largest absolute Gasteiger partial charge is 0.276 e. The fourth-order valence-corrected chi connectivity index (χ4v) is 3.34. The van der Waals surface area contributed by atoms with E-state index in [9.17, 15) is 8.42 Å². The van der Waals surface area contributed by atoms with E-state index < -0.39 is 15.9 Å². The number of sulfonamides is 1. The summed E-state index contributed by atoms with van der Waals surface area (Å²) in [5, 5.41) is 4.03. The molecule has 1 aromatic carbocycles. The summed E-state index contributed by atoms with van der Waals surface area (Å²) in [6, 6.07) is 6.59. The van der Waals surface area contributed by atoms with E-state index in [2.05, 4.69) is 23.8 Å². The van der Waals surface area contributed by atoms with Crippen LogP contribution in [0.5, 0.6) is 0 Å². The summed E-state index contributed by atoms with van der Waals surface area (Å²) in [6.07, 6.45) is 1.30. The summed E-state index contributed by atoms with van der Waals surface area (Å²) in [7, 11) is -3.67. The molecule has 1 aromatic rings. The van der Waals surface area contributed by atoms with Gasteiger partial charge >= 0.3 is 0 Å². The molecule has 1 aliphatic carbocycles. The maximum Gasteiger partial charge on any atom is 0.276 e. The first-order valence-corrected chi connectivity index (χ1v) is 8.16. The van der Waals surface area contributed by atoms with Crippen molar-refractivity contribution < 1.29 is 9.79 Å². The molecule has 0 amide bonds. The number of hydrogen-bond acceptors (Lipinski definition) is 3. The van der Waals surface area contributed by atoms with Crippen LogP contribution in [0, 0.1) is 18.2 Å².